The van der Waals surface area contributed by atoms with Crippen LogP contribution in [0.4, 0.5) is 5.69 Å². The van der Waals surface area contributed by atoms with Gasteiger partial charge in [-0.25, -0.2) is 9.69 Å². The summed E-state index contributed by atoms with van der Waals surface area (Å²) in [5, 5.41) is 0.570. The molecular weight excluding hydrogens is 479 g/mol. The molecule has 4 rings (SSSR count). The molecule has 2 aromatic carbocycles. The van der Waals surface area contributed by atoms with Crippen LogP contribution in [0, 0.1) is 5.92 Å². The third-order valence-corrected chi connectivity index (χ3v) is 6.86. The molecule has 2 aromatic rings. The van der Waals surface area contributed by atoms with E-state index in [1.807, 2.05) is 0 Å². The Morgan fingerprint density at radius 3 is 2.35 bits per heavy atom. The number of ketones is 1. The topological polar surface area (TPSA) is 84.0 Å². The number of rotatable bonds is 6. The largest absolute Gasteiger partial charge is 0.454 e. The summed E-state index contributed by atoms with van der Waals surface area (Å²) in [5.74, 6) is -1.03. The third kappa shape index (κ3) is 5.17. The van der Waals surface area contributed by atoms with Gasteiger partial charge in [-0.05, 0) is 74.3 Å². The zero-order valence-electron chi connectivity index (χ0n) is 18.6. The average molecular weight is 503 g/mol. The lowest BCUT2D eigenvalue weighted by atomic mass is 9.97. The SMILES string of the molecule is CC1CCN(C2CC(=O)N(c3ccc(C(=O)OCC(=O)c4ccc(Cl)cc4Cl)cc3)C2=O)CC1. The quantitative estimate of drug-likeness (QED) is 0.330. The van der Waals surface area contributed by atoms with Gasteiger partial charge < -0.3 is 4.74 Å². The van der Waals surface area contributed by atoms with Gasteiger partial charge in [0.25, 0.3) is 5.91 Å². The van der Waals surface area contributed by atoms with Crippen molar-refractivity contribution in [2.75, 3.05) is 24.6 Å². The summed E-state index contributed by atoms with van der Waals surface area (Å²) in [4.78, 5) is 53.6. The van der Waals surface area contributed by atoms with Crippen molar-refractivity contribution in [3.8, 4) is 0 Å². The molecule has 0 bridgehead atoms. The van der Waals surface area contributed by atoms with Crippen molar-refractivity contribution in [1.82, 2.24) is 4.90 Å². The van der Waals surface area contributed by atoms with Crippen LogP contribution in [0.5, 0.6) is 0 Å². The van der Waals surface area contributed by atoms with E-state index in [1.165, 1.54) is 47.4 Å². The summed E-state index contributed by atoms with van der Waals surface area (Å²) in [6, 6.07) is 10.00. The van der Waals surface area contributed by atoms with Gasteiger partial charge in [0.05, 0.1) is 28.7 Å². The second-order valence-corrected chi connectivity index (χ2v) is 9.52. The summed E-state index contributed by atoms with van der Waals surface area (Å²) >= 11 is 11.8. The zero-order chi connectivity index (χ0) is 24.4. The summed E-state index contributed by atoms with van der Waals surface area (Å²) in [5.41, 5.74) is 0.806. The molecule has 0 aliphatic carbocycles. The van der Waals surface area contributed by atoms with E-state index in [0.29, 0.717) is 16.6 Å². The van der Waals surface area contributed by atoms with Crippen LogP contribution in [0.1, 0.15) is 46.9 Å². The Morgan fingerprint density at radius 2 is 1.71 bits per heavy atom. The number of ether oxygens (including phenoxy) is 1. The van der Waals surface area contributed by atoms with Gasteiger partial charge >= 0.3 is 5.97 Å². The number of hydrogen-bond donors (Lipinski definition) is 0. The number of nitrogens with zero attached hydrogens (tertiary/aromatic N) is 2. The fourth-order valence-electron chi connectivity index (χ4n) is 4.27. The van der Waals surface area contributed by atoms with E-state index in [1.54, 1.807) is 0 Å². The first-order valence-electron chi connectivity index (χ1n) is 11.1. The first kappa shape index (κ1) is 24.4. The maximum absolute atomic E-state index is 13.0. The third-order valence-electron chi connectivity index (χ3n) is 6.31. The van der Waals surface area contributed by atoms with E-state index in [-0.39, 0.29) is 34.4 Å². The number of likely N-dealkylation sites (tertiary alicyclic amines) is 1. The fraction of sp³-hybridized carbons (Fsp3) is 0.360. The number of benzene rings is 2. The first-order chi connectivity index (χ1) is 16.2. The molecule has 2 amide bonds. The van der Waals surface area contributed by atoms with Crippen molar-refractivity contribution in [2.45, 2.75) is 32.2 Å². The standard InChI is InChI=1S/C25H24Cl2N2O5/c1-15-8-10-28(11-9-15)21-13-23(31)29(24(21)32)18-5-2-16(3-6-18)25(33)34-14-22(30)19-7-4-17(26)12-20(19)27/h2-7,12,15,21H,8-11,13-14H2,1H3. The van der Waals surface area contributed by atoms with E-state index in [4.69, 9.17) is 27.9 Å². The lowest BCUT2D eigenvalue weighted by Crippen LogP contribution is -2.45. The molecule has 34 heavy (non-hydrogen) atoms. The van der Waals surface area contributed by atoms with Gasteiger partial charge in [0.1, 0.15) is 0 Å². The molecule has 0 radical (unpaired) electrons. The van der Waals surface area contributed by atoms with Gasteiger partial charge in [-0.15, -0.1) is 0 Å². The van der Waals surface area contributed by atoms with Crippen LogP contribution in [-0.2, 0) is 14.3 Å². The number of halogens is 2. The minimum absolute atomic E-state index is 0.159. The van der Waals surface area contributed by atoms with Crippen LogP contribution < -0.4 is 4.90 Å². The average Bonchev–Trinajstić information content (AvgIpc) is 3.11. The van der Waals surface area contributed by atoms with Crippen molar-refractivity contribution in [3.05, 3.63) is 63.6 Å². The lowest BCUT2D eigenvalue weighted by molar-refractivity contribution is -0.123. The van der Waals surface area contributed by atoms with Crippen LogP contribution >= 0.6 is 23.2 Å². The molecule has 178 valence electrons. The van der Waals surface area contributed by atoms with E-state index >= 15 is 0 Å². The van der Waals surface area contributed by atoms with E-state index in [9.17, 15) is 19.2 Å². The highest BCUT2D eigenvalue weighted by Crippen LogP contribution is 2.29. The first-order valence-corrected chi connectivity index (χ1v) is 11.9. The number of hydrogen-bond acceptors (Lipinski definition) is 6. The Bertz CT molecular complexity index is 1130. The number of imide groups is 1. The second-order valence-electron chi connectivity index (χ2n) is 8.68. The van der Waals surface area contributed by atoms with Gasteiger partial charge in [0.2, 0.25) is 11.7 Å². The summed E-state index contributed by atoms with van der Waals surface area (Å²) < 4.78 is 5.11. The van der Waals surface area contributed by atoms with Crippen molar-refractivity contribution in [3.63, 3.8) is 0 Å². The normalized spacial score (nSPS) is 19.5. The van der Waals surface area contributed by atoms with E-state index in [2.05, 4.69) is 11.8 Å². The highest BCUT2D eigenvalue weighted by Gasteiger charge is 2.43. The van der Waals surface area contributed by atoms with Crippen molar-refractivity contribution < 1.29 is 23.9 Å². The molecular formula is C25H24Cl2N2O5. The molecule has 2 saturated heterocycles. The summed E-state index contributed by atoms with van der Waals surface area (Å²) in [7, 11) is 0. The summed E-state index contributed by atoms with van der Waals surface area (Å²) in [6.07, 6.45) is 2.19. The number of anilines is 1. The summed E-state index contributed by atoms with van der Waals surface area (Å²) in [6.45, 7) is 3.33. The van der Waals surface area contributed by atoms with Crippen LogP contribution in [0.2, 0.25) is 10.0 Å². The van der Waals surface area contributed by atoms with Gasteiger partial charge in [0.15, 0.2) is 6.61 Å². The number of carbonyl (C=O) groups excluding carboxylic acids is 4. The number of esters is 1. The monoisotopic (exact) mass is 502 g/mol. The zero-order valence-corrected chi connectivity index (χ0v) is 20.1. The Morgan fingerprint density at radius 1 is 1.03 bits per heavy atom. The van der Waals surface area contributed by atoms with Crippen molar-refractivity contribution in [1.29, 1.82) is 0 Å². The molecule has 7 nitrogen and oxygen atoms in total. The number of piperidine rings is 1. The van der Waals surface area contributed by atoms with Gasteiger partial charge in [-0.3, -0.25) is 19.3 Å². The van der Waals surface area contributed by atoms with E-state index < -0.39 is 24.4 Å². The Hall–Kier alpha value is -2.74. The highest BCUT2D eigenvalue weighted by atomic mass is 35.5. The van der Waals surface area contributed by atoms with Gasteiger partial charge in [0, 0.05) is 10.6 Å². The minimum Gasteiger partial charge on any atom is -0.454 e. The Balaban J connectivity index is 1.37. The fourth-order valence-corrected chi connectivity index (χ4v) is 4.78. The molecule has 2 heterocycles. The number of amides is 2. The van der Waals surface area contributed by atoms with Crippen LogP contribution in [0.3, 0.4) is 0 Å². The van der Waals surface area contributed by atoms with Gasteiger partial charge in [-0.1, -0.05) is 30.1 Å². The van der Waals surface area contributed by atoms with Crippen LogP contribution in [0.25, 0.3) is 0 Å². The molecule has 0 spiro atoms. The molecule has 2 fully saturated rings. The molecule has 0 saturated carbocycles. The van der Waals surface area contributed by atoms with Crippen molar-refractivity contribution in [2.24, 2.45) is 5.92 Å². The lowest BCUT2D eigenvalue weighted by Gasteiger charge is -2.33. The molecule has 0 aromatic heterocycles. The van der Waals surface area contributed by atoms with Gasteiger partial charge in [-0.2, -0.15) is 0 Å². The smallest absolute Gasteiger partial charge is 0.338 e. The predicted molar refractivity (Wildman–Crippen MR) is 128 cm³/mol. The molecule has 2 aliphatic rings. The Labute approximate surface area is 207 Å². The number of carbonyl (C=O) groups is 4. The number of Topliss-reactive ketones (excluding diaryl/α,β-unsaturated/α-hetero) is 1. The molecule has 1 unspecified atom stereocenters. The maximum Gasteiger partial charge on any atom is 0.338 e. The predicted octanol–water partition coefficient (Wildman–Crippen LogP) is 4.40. The minimum atomic E-state index is -0.704. The van der Waals surface area contributed by atoms with Crippen LogP contribution in [-0.4, -0.2) is 54.2 Å². The maximum atomic E-state index is 13.0. The van der Waals surface area contributed by atoms with E-state index in [0.717, 1.165) is 25.9 Å². The molecule has 2 aliphatic heterocycles. The Kier molecular flexibility index (Phi) is 7.36. The van der Waals surface area contributed by atoms with Crippen LogP contribution in [0.15, 0.2) is 42.5 Å². The molecule has 1 atom stereocenters. The second kappa shape index (κ2) is 10.3. The molecule has 9 heteroatoms. The highest BCUT2D eigenvalue weighted by molar-refractivity contribution is 6.36. The molecule has 0 N–H and O–H groups in total. The van der Waals surface area contributed by atoms with Crippen molar-refractivity contribution >= 4 is 52.5 Å².